The summed E-state index contributed by atoms with van der Waals surface area (Å²) in [6, 6.07) is 1.85. The Morgan fingerprint density at radius 2 is 2.26 bits per heavy atom. The molecule has 0 fully saturated rings. The summed E-state index contributed by atoms with van der Waals surface area (Å²) in [6.45, 7) is 6.98. The molecular weight excluding hydrogens is 258 g/mol. The van der Waals surface area contributed by atoms with Gasteiger partial charge in [-0.25, -0.2) is 4.98 Å². The topological polar surface area (TPSA) is 46.9 Å². The van der Waals surface area contributed by atoms with E-state index in [0.717, 1.165) is 29.2 Å². The van der Waals surface area contributed by atoms with Crippen molar-refractivity contribution in [2.45, 2.75) is 33.2 Å². The minimum Gasteiger partial charge on any atom is -0.315 e. The fraction of sp³-hybridized carbons (Fsp3) is 0.571. The number of aromatic nitrogens is 2. The van der Waals surface area contributed by atoms with E-state index in [1.54, 1.807) is 10.9 Å². The van der Waals surface area contributed by atoms with E-state index >= 15 is 0 Å². The molecule has 0 amide bonds. The maximum atomic E-state index is 12.1. The second-order valence-electron chi connectivity index (χ2n) is 5.17. The molecule has 0 saturated heterocycles. The summed E-state index contributed by atoms with van der Waals surface area (Å²) in [5.41, 5.74) is 0.0650. The van der Waals surface area contributed by atoms with E-state index in [4.69, 9.17) is 0 Å². The fourth-order valence-corrected chi connectivity index (χ4v) is 2.74. The first-order valence-corrected chi connectivity index (χ1v) is 7.70. The molecule has 0 atom stereocenters. The monoisotopic (exact) mass is 279 g/mol. The van der Waals surface area contributed by atoms with Gasteiger partial charge in [0.25, 0.3) is 5.56 Å². The van der Waals surface area contributed by atoms with Crippen LogP contribution in [0.25, 0.3) is 10.2 Å². The quantitative estimate of drug-likeness (QED) is 0.792. The number of fused-ring (bicyclic) bond motifs is 1. The van der Waals surface area contributed by atoms with Crippen molar-refractivity contribution in [1.29, 1.82) is 0 Å². The third-order valence-electron chi connectivity index (χ3n) is 3.11. The summed E-state index contributed by atoms with van der Waals surface area (Å²) in [7, 11) is 0. The Hall–Kier alpha value is -1.20. The number of hydrogen-bond acceptors (Lipinski definition) is 4. The summed E-state index contributed by atoms with van der Waals surface area (Å²) in [5.74, 6) is 0.759. The molecule has 0 aromatic carbocycles. The Labute approximate surface area is 117 Å². The van der Waals surface area contributed by atoms with Crippen LogP contribution in [0.5, 0.6) is 0 Å². The fourth-order valence-electron chi connectivity index (χ4n) is 2.01. The predicted molar refractivity (Wildman–Crippen MR) is 80.8 cm³/mol. The molecule has 104 valence electrons. The van der Waals surface area contributed by atoms with Gasteiger partial charge in [0.05, 0.1) is 11.7 Å². The van der Waals surface area contributed by atoms with E-state index in [9.17, 15) is 4.79 Å². The van der Waals surface area contributed by atoms with E-state index in [1.165, 1.54) is 24.2 Å². The SMILES string of the molecule is CC(C)CCCNCCn1cnc2sccc2c1=O. The van der Waals surface area contributed by atoms with Crippen LogP contribution >= 0.6 is 11.3 Å². The zero-order valence-corrected chi connectivity index (χ0v) is 12.4. The van der Waals surface area contributed by atoms with Gasteiger partial charge in [0.15, 0.2) is 0 Å². The number of nitrogens with one attached hydrogen (secondary N) is 1. The molecule has 2 rings (SSSR count). The van der Waals surface area contributed by atoms with Crippen LogP contribution in [0.3, 0.4) is 0 Å². The molecule has 0 aliphatic carbocycles. The van der Waals surface area contributed by atoms with Gasteiger partial charge in [-0.1, -0.05) is 13.8 Å². The van der Waals surface area contributed by atoms with Crippen LogP contribution in [0.2, 0.25) is 0 Å². The minimum atomic E-state index is 0.0650. The van der Waals surface area contributed by atoms with Gasteiger partial charge in [-0.15, -0.1) is 11.3 Å². The predicted octanol–water partition coefficient (Wildman–Crippen LogP) is 2.48. The van der Waals surface area contributed by atoms with E-state index < -0.39 is 0 Å². The van der Waals surface area contributed by atoms with Crippen molar-refractivity contribution in [2.75, 3.05) is 13.1 Å². The Kier molecular flexibility index (Phi) is 5.10. The van der Waals surface area contributed by atoms with Crippen LogP contribution in [-0.4, -0.2) is 22.6 Å². The van der Waals surface area contributed by atoms with Crippen molar-refractivity contribution >= 4 is 21.6 Å². The van der Waals surface area contributed by atoms with E-state index in [0.29, 0.717) is 6.54 Å². The average molecular weight is 279 g/mol. The molecule has 2 aromatic rings. The highest BCUT2D eigenvalue weighted by Crippen LogP contribution is 2.12. The molecule has 0 unspecified atom stereocenters. The smallest absolute Gasteiger partial charge is 0.262 e. The van der Waals surface area contributed by atoms with E-state index in [-0.39, 0.29) is 5.56 Å². The lowest BCUT2D eigenvalue weighted by atomic mass is 10.1. The van der Waals surface area contributed by atoms with Gasteiger partial charge in [-0.2, -0.15) is 0 Å². The third-order valence-corrected chi connectivity index (χ3v) is 3.94. The molecular formula is C14H21N3OS. The van der Waals surface area contributed by atoms with Crippen LogP contribution in [0.4, 0.5) is 0 Å². The number of nitrogens with zero attached hydrogens (tertiary/aromatic N) is 2. The molecule has 4 nitrogen and oxygen atoms in total. The normalized spacial score (nSPS) is 11.5. The van der Waals surface area contributed by atoms with E-state index in [2.05, 4.69) is 24.1 Å². The summed E-state index contributed by atoms with van der Waals surface area (Å²) in [6.07, 6.45) is 4.08. The molecule has 0 aliphatic heterocycles. The minimum absolute atomic E-state index is 0.0650. The summed E-state index contributed by atoms with van der Waals surface area (Å²) in [5, 5.41) is 6.01. The zero-order valence-electron chi connectivity index (χ0n) is 11.6. The maximum Gasteiger partial charge on any atom is 0.262 e. The van der Waals surface area contributed by atoms with Crippen molar-refractivity contribution < 1.29 is 0 Å². The first kappa shape index (κ1) is 14.2. The van der Waals surface area contributed by atoms with Gasteiger partial charge in [0.1, 0.15) is 4.83 Å². The van der Waals surface area contributed by atoms with Crippen molar-refractivity contribution in [3.8, 4) is 0 Å². The lowest BCUT2D eigenvalue weighted by Crippen LogP contribution is -2.27. The molecule has 0 radical (unpaired) electrons. The van der Waals surface area contributed by atoms with Crippen LogP contribution in [0.15, 0.2) is 22.6 Å². The molecule has 2 aromatic heterocycles. The van der Waals surface area contributed by atoms with Crippen LogP contribution < -0.4 is 10.9 Å². The third kappa shape index (κ3) is 3.88. The van der Waals surface area contributed by atoms with Crippen LogP contribution in [0, 0.1) is 5.92 Å². The highest BCUT2D eigenvalue weighted by Gasteiger charge is 2.04. The molecule has 0 bridgehead atoms. The lowest BCUT2D eigenvalue weighted by molar-refractivity contribution is 0.512. The van der Waals surface area contributed by atoms with Crippen molar-refractivity contribution in [1.82, 2.24) is 14.9 Å². The van der Waals surface area contributed by atoms with Gasteiger partial charge in [0.2, 0.25) is 0 Å². The molecule has 0 aliphatic rings. The summed E-state index contributed by atoms with van der Waals surface area (Å²) < 4.78 is 1.69. The number of hydrogen-bond donors (Lipinski definition) is 1. The summed E-state index contributed by atoms with van der Waals surface area (Å²) >= 11 is 1.51. The molecule has 5 heteroatoms. The average Bonchev–Trinajstić information content (AvgIpc) is 2.84. The number of rotatable bonds is 7. The van der Waals surface area contributed by atoms with Crippen molar-refractivity contribution in [2.24, 2.45) is 5.92 Å². The van der Waals surface area contributed by atoms with Gasteiger partial charge in [-0.3, -0.25) is 9.36 Å². The molecule has 0 saturated carbocycles. The standard InChI is InChI=1S/C14H21N3OS/c1-11(2)4-3-6-15-7-8-17-10-16-13-12(14(17)18)5-9-19-13/h5,9-11,15H,3-4,6-8H2,1-2H3. The first-order valence-electron chi connectivity index (χ1n) is 6.82. The number of thiophene rings is 1. The molecule has 0 spiro atoms. The first-order chi connectivity index (χ1) is 9.18. The molecule has 2 heterocycles. The second-order valence-corrected chi connectivity index (χ2v) is 6.06. The largest absolute Gasteiger partial charge is 0.315 e. The Morgan fingerprint density at radius 3 is 3.05 bits per heavy atom. The maximum absolute atomic E-state index is 12.1. The van der Waals surface area contributed by atoms with Crippen LogP contribution in [0.1, 0.15) is 26.7 Å². The second kappa shape index (κ2) is 6.82. The van der Waals surface area contributed by atoms with E-state index in [1.807, 2.05) is 11.4 Å². The Bertz CT molecular complexity index is 573. The Morgan fingerprint density at radius 1 is 1.42 bits per heavy atom. The van der Waals surface area contributed by atoms with Crippen LogP contribution in [-0.2, 0) is 6.54 Å². The van der Waals surface area contributed by atoms with Gasteiger partial charge in [-0.05, 0) is 36.8 Å². The highest BCUT2D eigenvalue weighted by molar-refractivity contribution is 7.16. The van der Waals surface area contributed by atoms with Crippen molar-refractivity contribution in [3.63, 3.8) is 0 Å². The van der Waals surface area contributed by atoms with Gasteiger partial charge < -0.3 is 5.32 Å². The zero-order chi connectivity index (χ0) is 13.7. The molecule has 19 heavy (non-hydrogen) atoms. The van der Waals surface area contributed by atoms with Gasteiger partial charge >= 0.3 is 0 Å². The van der Waals surface area contributed by atoms with Crippen molar-refractivity contribution in [3.05, 3.63) is 28.1 Å². The summed E-state index contributed by atoms with van der Waals surface area (Å²) in [4.78, 5) is 17.2. The Balaban J connectivity index is 1.81. The highest BCUT2D eigenvalue weighted by atomic mass is 32.1. The van der Waals surface area contributed by atoms with Gasteiger partial charge in [0, 0.05) is 13.1 Å². The lowest BCUT2D eigenvalue weighted by Gasteiger charge is -2.08. The molecule has 1 N–H and O–H groups in total.